The topological polar surface area (TPSA) is 38.7 Å². The monoisotopic (exact) mass is 187 g/mol. The maximum atomic E-state index is 11.3. The predicted molar refractivity (Wildman–Crippen MR) is 50.6 cm³/mol. The molecule has 4 heteroatoms. The number of carbonyl (C=O) groups is 1. The minimum absolute atomic E-state index is 0.147. The fraction of sp³-hybridized carbons (Fsp3) is 0.750. The van der Waals surface area contributed by atoms with Crippen molar-refractivity contribution in [2.45, 2.75) is 31.6 Å². The Morgan fingerprint density at radius 2 is 2.42 bits per heavy atom. The van der Waals surface area contributed by atoms with E-state index in [1.54, 1.807) is 24.2 Å². The fourth-order valence-electron chi connectivity index (χ4n) is 1.04. The highest BCUT2D eigenvalue weighted by Crippen LogP contribution is 2.34. The van der Waals surface area contributed by atoms with Gasteiger partial charge in [0.25, 0.3) is 0 Å². The number of esters is 1. The smallest absolute Gasteiger partial charge is 0.332 e. The van der Waals surface area contributed by atoms with Crippen LogP contribution in [0.15, 0.2) is 4.99 Å². The zero-order valence-corrected chi connectivity index (χ0v) is 8.35. The summed E-state index contributed by atoms with van der Waals surface area (Å²) in [4.78, 5) is 15.4. The molecular formula is C8H13NO2S. The molecule has 1 unspecified atom stereocenters. The van der Waals surface area contributed by atoms with Crippen LogP contribution in [0.3, 0.4) is 0 Å². The summed E-state index contributed by atoms with van der Waals surface area (Å²) in [7, 11) is 0. The van der Waals surface area contributed by atoms with Gasteiger partial charge in [0.15, 0.2) is 6.04 Å². The first-order valence-corrected chi connectivity index (χ1v) is 4.82. The number of thioether (sulfide) groups is 1. The number of ether oxygens (including phenoxy) is 1. The van der Waals surface area contributed by atoms with Gasteiger partial charge in [-0.2, -0.15) is 0 Å². The molecule has 1 heterocycles. The van der Waals surface area contributed by atoms with Gasteiger partial charge in [0.1, 0.15) is 0 Å². The molecule has 0 radical (unpaired) electrons. The molecule has 1 atom stereocenters. The van der Waals surface area contributed by atoms with Gasteiger partial charge in [0.2, 0.25) is 0 Å². The largest absolute Gasteiger partial charge is 0.464 e. The quantitative estimate of drug-likeness (QED) is 0.614. The average molecular weight is 187 g/mol. The molecule has 0 saturated heterocycles. The SMILES string of the molecule is CCOC(=O)C1N=CSC1(C)C. The van der Waals surface area contributed by atoms with E-state index in [2.05, 4.69) is 4.99 Å². The van der Waals surface area contributed by atoms with Gasteiger partial charge in [-0.05, 0) is 20.8 Å². The van der Waals surface area contributed by atoms with Crippen molar-refractivity contribution >= 4 is 23.3 Å². The molecule has 0 N–H and O–H groups in total. The Bertz CT molecular complexity index is 213. The zero-order valence-electron chi connectivity index (χ0n) is 7.53. The van der Waals surface area contributed by atoms with Crippen LogP contribution in [0.1, 0.15) is 20.8 Å². The van der Waals surface area contributed by atoms with Crippen LogP contribution >= 0.6 is 11.8 Å². The fourth-order valence-corrected chi connectivity index (χ4v) is 1.78. The normalized spacial score (nSPS) is 25.8. The Balaban J connectivity index is 2.62. The van der Waals surface area contributed by atoms with Gasteiger partial charge in [-0.25, -0.2) is 4.79 Å². The Kier molecular flexibility index (Phi) is 2.77. The van der Waals surface area contributed by atoms with Crippen LogP contribution in [0.2, 0.25) is 0 Å². The van der Waals surface area contributed by atoms with Crippen LogP contribution in [-0.2, 0) is 9.53 Å². The molecule has 0 aromatic rings. The summed E-state index contributed by atoms with van der Waals surface area (Å²) >= 11 is 1.57. The van der Waals surface area contributed by atoms with Crippen molar-refractivity contribution in [1.82, 2.24) is 0 Å². The average Bonchev–Trinajstić information content (AvgIpc) is 2.30. The lowest BCUT2D eigenvalue weighted by Gasteiger charge is -2.21. The summed E-state index contributed by atoms with van der Waals surface area (Å²) in [5.41, 5.74) is 1.72. The third-order valence-electron chi connectivity index (χ3n) is 1.73. The van der Waals surface area contributed by atoms with E-state index in [-0.39, 0.29) is 16.8 Å². The molecule has 0 bridgehead atoms. The van der Waals surface area contributed by atoms with Crippen LogP contribution in [0.25, 0.3) is 0 Å². The van der Waals surface area contributed by atoms with Gasteiger partial charge in [-0.3, -0.25) is 4.99 Å². The van der Waals surface area contributed by atoms with Crippen LogP contribution in [0.5, 0.6) is 0 Å². The second kappa shape index (κ2) is 3.47. The maximum absolute atomic E-state index is 11.3. The van der Waals surface area contributed by atoms with Crippen LogP contribution in [-0.4, -0.2) is 28.9 Å². The summed E-state index contributed by atoms with van der Waals surface area (Å²) in [6, 6.07) is -0.331. The van der Waals surface area contributed by atoms with Crippen molar-refractivity contribution in [1.29, 1.82) is 0 Å². The second-order valence-corrected chi connectivity index (χ2v) is 4.63. The number of aliphatic imine (C=N–C) groups is 1. The van der Waals surface area contributed by atoms with Crippen LogP contribution < -0.4 is 0 Å². The highest BCUT2D eigenvalue weighted by Gasteiger charge is 2.39. The highest BCUT2D eigenvalue weighted by molar-refractivity contribution is 8.13. The van der Waals surface area contributed by atoms with Crippen molar-refractivity contribution in [3.05, 3.63) is 0 Å². The number of carbonyl (C=O) groups excluding carboxylic acids is 1. The molecule has 0 aliphatic carbocycles. The van der Waals surface area contributed by atoms with Crippen molar-refractivity contribution in [3.8, 4) is 0 Å². The van der Waals surface area contributed by atoms with Crippen LogP contribution in [0, 0.1) is 0 Å². The molecule has 0 fully saturated rings. The van der Waals surface area contributed by atoms with E-state index in [9.17, 15) is 4.79 Å². The lowest BCUT2D eigenvalue weighted by Crippen LogP contribution is -2.36. The van der Waals surface area contributed by atoms with Crippen LogP contribution in [0.4, 0.5) is 0 Å². The first-order valence-electron chi connectivity index (χ1n) is 3.94. The molecule has 0 aromatic carbocycles. The number of rotatable bonds is 2. The molecule has 0 aromatic heterocycles. The molecule has 1 aliphatic heterocycles. The van der Waals surface area contributed by atoms with E-state index >= 15 is 0 Å². The molecule has 12 heavy (non-hydrogen) atoms. The minimum Gasteiger partial charge on any atom is -0.464 e. The summed E-state index contributed by atoms with van der Waals surface area (Å²) in [5.74, 6) is -0.219. The van der Waals surface area contributed by atoms with Gasteiger partial charge >= 0.3 is 5.97 Å². The minimum atomic E-state index is -0.331. The third kappa shape index (κ3) is 1.80. The Hall–Kier alpha value is -0.510. The Morgan fingerprint density at radius 3 is 2.83 bits per heavy atom. The number of hydrogen-bond donors (Lipinski definition) is 0. The first-order chi connectivity index (χ1) is 5.58. The van der Waals surface area contributed by atoms with E-state index in [1.165, 1.54) is 0 Å². The molecule has 1 aliphatic rings. The van der Waals surface area contributed by atoms with Gasteiger partial charge in [-0.1, -0.05) is 0 Å². The van der Waals surface area contributed by atoms with E-state index in [0.717, 1.165) is 0 Å². The van der Waals surface area contributed by atoms with E-state index in [1.807, 2.05) is 13.8 Å². The summed E-state index contributed by atoms with van der Waals surface area (Å²) in [6.45, 7) is 6.21. The lowest BCUT2D eigenvalue weighted by molar-refractivity contribution is -0.145. The van der Waals surface area contributed by atoms with Gasteiger partial charge < -0.3 is 4.74 Å². The van der Waals surface area contributed by atoms with Crippen molar-refractivity contribution in [3.63, 3.8) is 0 Å². The van der Waals surface area contributed by atoms with E-state index in [4.69, 9.17) is 4.74 Å². The van der Waals surface area contributed by atoms with Crippen molar-refractivity contribution in [2.24, 2.45) is 4.99 Å². The summed E-state index contributed by atoms with van der Waals surface area (Å²) < 4.78 is 4.75. The van der Waals surface area contributed by atoms with E-state index < -0.39 is 0 Å². The first kappa shape index (κ1) is 9.58. The molecule has 68 valence electrons. The third-order valence-corrected chi connectivity index (χ3v) is 2.79. The Morgan fingerprint density at radius 1 is 1.75 bits per heavy atom. The predicted octanol–water partition coefficient (Wildman–Crippen LogP) is 1.47. The lowest BCUT2D eigenvalue weighted by atomic mass is 10.0. The second-order valence-electron chi connectivity index (χ2n) is 3.13. The van der Waals surface area contributed by atoms with Gasteiger partial charge in [0.05, 0.1) is 12.2 Å². The molecule has 0 saturated carbocycles. The van der Waals surface area contributed by atoms with Crippen molar-refractivity contribution < 1.29 is 9.53 Å². The molecule has 1 rings (SSSR count). The molecule has 3 nitrogen and oxygen atoms in total. The number of hydrogen-bond acceptors (Lipinski definition) is 4. The zero-order chi connectivity index (χ0) is 9.19. The van der Waals surface area contributed by atoms with Crippen molar-refractivity contribution in [2.75, 3.05) is 6.61 Å². The van der Waals surface area contributed by atoms with Gasteiger partial charge in [-0.15, -0.1) is 11.8 Å². The molecule has 0 amide bonds. The molecule has 0 spiro atoms. The number of nitrogens with zero attached hydrogens (tertiary/aromatic N) is 1. The maximum Gasteiger partial charge on any atom is 0.332 e. The summed E-state index contributed by atoms with van der Waals surface area (Å²) in [6.07, 6.45) is 0. The Labute approximate surface area is 76.6 Å². The van der Waals surface area contributed by atoms with E-state index in [0.29, 0.717) is 6.61 Å². The molecular weight excluding hydrogens is 174 g/mol. The standard InChI is InChI=1S/C8H13NO2S/c1-4-11-7(10)6-8(2,3)12-5-9-6/h5-6H,4H2,1-3H3. The summed E-state index contributed by atoms with van der Waals surface area (Å²) in [5, 5.41) is 0. The van der Waals surface area contributed by atoms with Gasteiger partial charge in [0, 0.05) is 4.75 Å². The highest BCUT2D eigenvalue weighted by atomic mass is 32.2.